The first kappa shape index (κ1) is 16.7. The van der Waals surface area contributed by atoms with E-state index in [-0.39, 0.29) is 5.91 Å². The van der Waals surface area contributed by atoms with Crippen LogP contribution in [0.3, 0.4) is 0 Å². The number of rotatable bonds is 7. The normalized spacial score (nSPS) is 12.9. The summed E-state index contributed by atoms with van der Waals surface area (Å²) >= 11 is 0. The zero-order chi connectivity index (χ0) is 16.7. The monoisotopic (exact) mass is 314 g/mol. The van der Waals surface area contributed by atoms with Gasteiger partial charge in [-0.25, -0.2) is 4.98 Å². The number of carbonyl (C=O) groups excluding carboxylic acids is 1. The number of H-pyrrole nitrogens is 1. The maximum Gasteiger partial charge on any atom is 0.237 e. The van der Waals surface area contributed by atoms with E-state index in [1.807, 2.05) is 24.3 Å². The molecule has 0 saturated carbocycles. The van der Waals surface area contributed by atoms with Crippen LogP contribution in [0.4, 0.5) is 0 Å². The minimum Gasteiger partial charge on any atom is -0.388 e. The second-order valence-corrected chi connectivity index (χ2v) is 5.38. The van der Waals surface area contributed by atoms with Crippen LogP contribution in [-0.2, 0) is 24.3 Å². The number of amidine groups is 1. The van der Waals surface area contributed by atoms with E-state index in [4.69, 9.17) is 11.5 Å². The molecule has 0 saturated heterocycles. The Bertz CT molecular complexity index is 661. The van der Waals surface area contributed by atoms with Gasteiger partial charge in [-0.15, -0.1) is 0 Å². The van der Waals surface area contributed by atoms with Gasteiger partial charge in [-0.3, -0.25) is 9.79 Å². The molecule has 0 aliphatic rings. The summed E-state index contributed by atoms with van der Waals surface area (Å²) in [4.78, 5) is 23.1. The molecular formula is C16H22N6O. The fourth-order valence-corrected chi connectivity index (χ4v) is 2.10. The highest BCUT2D eigenvalue weighted by Gasteiger charge is 2.14. The zero-order valence-electron chi connectivity index (χ0n) is 13.1. The van der Waals surface area contributed by atoms with Gasteiger partial charge in [0.1, 0.15) is 0 Å². The van der Waals surface area contributed by atoms with Crippen LogP contribution < -0.4 is 16.8 Å². The Morgan fingerprint density at radius 2 is 2.22 bits per heavy atom. The summed E-state index contributed by atoms with van der Waals surface area (Å²) in [7, 11) is 0. The molecule has 2 aromatic rings. The van der Waals surface area contributed by atoms with Crippen molar-refractivity contribution >= 4 is 11.7 Å². The molecule has 2 rings (SSSR count). The second kappa shape index (κ2) is 8.09. The summed E-state index contributed by atoms with van der Waals surface area (Å²) in [5.74, 6) is 0.356. The number of amides is 1. The first-order valence-electron chi connectivity index (χ1n) is 7.39. The highest BCUT2D eigenvalue weighted by atomic mass is 16.2. The molecule has 0 radical (unpaired) electrons. The standard InChI is InChI=1S/C16H22N6O/c1-11(17)20-7-12-3-2-4-13(5-12)8-21-16(23)15(18)6-14-9-19-10-22-14/h2-5,9-10,15H,6-8,18H2,1H3,(H2,17,20)(H,19,22)(H,21,23)/t15-/m0/s1. The van der Waals surface area contributed by atoms with Crippen LogP contribution in [0.1, 0.15) is 23.7 Å². The number of carbonyl (C=O) groups is 1. The number of aromatic nitrogens is 2. The van der Waals surface area contributed by atoms with E-state index in [1.54, 1.807) is 19.4 Å². The lowest BCUT2D eigenvalue weighted by molar-refractivity contribution is -0.122. The Balaban J connectivity index is 1.86. The van der Waals surface area contributed by atoms with Crippen LogP contribution in [0.15, 0.2) is 41.8 Å². The number of hydrogen-bond donors (Lipinski definition) is 4. The number of aromatic amines is 1. The Kier molecular flexibility index (Phi) is 5.87. The van der Waals surface area contributed by atoms with Gasteiger partial charge >= 0.3 is 0 Å². The summed E-state index contributed by atoms with van der Waals surface area (Å²) < 4.78 is 0. The largest absolute Gasteiger partial charge is 0.388 e. The van der Waals surface area contributed by atoms with E-state index in [9.17, 15) is 4.79 Å². The van der Waals surface area contributed by atoms with Crippen molar-refractivity contribution in [1.82, 2.24) is 15.3 Å². The molecule has 6 N–H and O–H groups in total. The maximum absolute atomic E-state index is 12.0. The van der Waals surface area contributed by atoms with Crippen molar-refractivity contribution < 1.29 is 4.79 Å². The van der Waals surface area contributed by atoms with Crippen molar-refractivity contribution in [1.29, 1.82) is 0 Å². The molecule has 1 amide bonds. The highest BCUT2D eigenvalue weighted by molar-refractivity contribution is 5.81. The lowest BCUT2D eigenvalue weighted by atomic mass is 10.1. The summed E-state index contributed by atoms with van der Waals surface area (Å²) in [6.45, 7) is 2.71. The van der Waals surface area contributed by atoms with Crippen molar-refractivity contribution in [3.05, 3.63) is 53.6 Å². The van der Waals surface area contributed by atoms with Crippen molar-refractivity contribution in [3.8, 4) is 0 Å². The van der Waals surface area contributed by atoms with Crippen LogP contribution in [0.5, 0.6) is 0 Å². The average molecular weight is 314 g/mol. The van der Waals surface area contributed by atoms with E-state index < -0.39 is 6.04 Å². The van der Waals surface area contributed by atoms with E-state index in [0.717, 1.165) is 16.8 Å². The molecule has 23 heavy (non-hydrogen) atoms. The van der Waals surface area contributed by atoms with Crippen molar-refractivity contribution in [2.24, 2.45) is 16.5 Å². The van der Waals surface area contributed by atoms with Gasteiger partial charge in [0.05, 0.1) is 24.7 Å². The van der Waals surface area contributed by atoms with Gasteiger partial charge in [0.2, 0.25) is 5.91 Å². The number of imidazole rings is 1. The van der Waals surface area contributed by atoms with Gasteiger partial charge in [0, 0.05) is 24.9 Å². The van der Waals surface area contributed by atoms with Gasteiger partial charge in [-0.05, 0) is 18.1 Å². The topological polar surface area (TPSA) is 122 Å². The Morgan fingerprint density at radius 1 is 1.43 bits per heavy atom. The summed E-state index contributed by atoms with van der Waals surface area (Å²) in [6, 6.07) is 7.24. The Morgan fingerprint density at radius 3 is 2.91 bits per heavy atom. The predicted octanol–water partition coefficient (Wildman–Crippen LogP) is 0.473. The number of nitrogens with two attached hydrogens (primary N) is 2. The molecule has 1 aromatic heterocycles. The fourth-order valence-electron chi connectivity index (χ4n) is 2.10. The van der Waals surface area contributed by atoms with Gasteiger partial charge in [0.25, 0.3) is 0 Å². The highest BCUT2D eigenvalue weighted by Crippen LogP contribution is 2.07. The third-order valence-corrected chi connectivity index (χ3v) is 3.30. The summed E-state index contributed by atoms with van der Waals surface area (Å²) in [5.41, 5.74) is 14.3. The average Bonchev–Trinajstić information content (AvgIpc) is 3.04. The molecule has 1 heterocycles. The van der Waals surface area contributed by atoms with E-state index in [1.165, 1.54) is 0 Å². The lowest BCUT2D eigenvalue weighted by Crippen LogP contribution is -2.41. The smallest absolute Gasteiger partial charge is 0.237 e. The molecule has 7 heteroatoms. The number of nitrogens with one attached hydrogen (secondary N) is 2. The van der Waals surface area contributed by atoms with Gasteiger partial charge < -0.3 is 21.8 Å². The molecule has 1 aromatic carbocycles. The molecular weight excluding hydrogens is 292 g/mol. The first-order valence-corrected chi connectivity index (χ1v) is 7.39. The van der Waals surface area contributed by atoms with Crippen LogP contribution in [0, 0.1) is 0 Å². The van der Waals surface area contributed by atoms with Crippen LogP contribution in [-0.4, -0.2) is 27.8 Å². The third-order valence-electron chi connectivity index (χ3n) is 3.30. The minimum atomic E-state index is -0.608. The van der Waals surface area contributed by atoms with Crippen LogP contribution in [0.2, 0.25) is 0 Å². The van der Waals surface area contributed by atoms with E-state index in [2.05, 4.69) is 20.3 Å². The molecule has 1 atom stereocenters. The van der Waals surface area contributed by atoms with Gasteiger partial charge in [-0.1, -0.05) is 24.3 Å². The third kappa shape index (κ3) is 5.55. The zero-order valence-corrected chi connectivity index (χ0v) is 13.1. The summed E-state index contributed by atoms with van der Waals surface area (Å²) in [5, 5.41) is 2.84. The predicted molar refractivity (Wildman–Crippen MR) is 89.6 cm³/mol. The number of benzene rings is 1. The number of aliphatic imine (C=N–C) groups is 1. The van der Waals surface area contributed by atoms with Crippen LogP contribution >= 0.6 is 0 Å². The van der Waals surface area contributed by atoms with E-state index in [0.29, 0.717) is 25.3 Å². The van der Waals surface area contributed by atoms with Gasteiger partial charge in [0.15, 0.2) is 0 Å². The maximum atomic E-state index is 12.0. The van der Waals surface area contributed by atoms with Crippen molar-refractivity contribution in [2.45, 2.75) is 32.5 Å². The second-order valence-electron chi connectivity index (χ2n) is 5.38. The van der Waals surface area contributed by atoms with Crippen molar-refractivity contribution in [3.63, 3.8) is 0 Å². The molecule has 0 fully saturated rings. The molecule has 0 spiro atoms. The van der Waals surface area contributed by atoms with Crippen LogP contribution in [0.25, 0.3) is 0 Å². The molecule has 122 valence electrons. The molecule has 0 unspecified atom stereocenters. The number of nitrogens with zero attached hydrogens (tertiary/aromatic N) is 2. The fraction of sp³-hybridized carbons (Fsp3) is 0.312. The molecule has 0 aliphatic heterocycles. The Hall–Kier alpha value is -2.67. The van der Waals surface area contributed by atoms with E-state index >= 15 is 0 Å². The molecule has 0 bridgehead atoms. The summed E-state index contributed by atoms with van der Waals surface area (Å²) in [6.07, 6.45) is 3.66. The van der Waals surface area contributed by atoms with Gasteiger partial charge in [-0.2, -0.15) is 0 Å². The lowest BCUT2D eigenvalue weighted by Gasteiger charge is -2.12. The molecule has 0 aliphatic carbocycles. The minimum absolute atomic E-state index is 0.194. The molecule has 7 nitrogen and oxygen atoms in total. The number of hydrogen-bond acceptors (Lipinski definition) is 4. The SMILES string of the molecule is CC(N)=NCc1cccc(CNC(=O)[C@@H](N)Cc2cnc[nH]2)c1. The quantitative estimate of drug-likeness (QED) is 0.438. The van der Waals surface area contributed by atoms with Crippen molar-refractivity contribution in [2.75, 3.05) is 0 Å². The first-order chi connectivity index (χ1) is 11.0. The Labute approximate surface area is 135 Å².